The third kappa shape index (κ3) is 3.24. The second-order valence-corrected chi connectivity index (χ2v) is 4.27. The summed E-state index contributed by atoms with van der Waals surface area (Å²) >= 11 is 1.03. The van der Waals surface area contributed by atoms with Crippen molar-refractivity contribution in [1.82, 2.24) is 29.8 Å². The molecule has 0 aliphatic carbocycles. The van der Waals surface area contributed by atoms with Crippen molar-refractivity contribution >= 4 is 17.7 Å². The van der Waals surface area contributed by atoms with E-state index in [9.17, 15) is 13.6 Å². The van der Waals surface area contributed by atoms with Crippen molar-refractivity contribution in [2.24, 2.45) is 0 Å². The highest BCUT2D eigenvalue weighted by atomic mass is 32.2. The van der Waals surface area contributed by atoms with E-state index in [1.165, 1.54) is 12.4 Å². The molecular formula is C8H8F2N6O2S. The molecule has 8 nitrogen and oxygen atoms in total. The fourth-order valence-electron chi connectivity index (χ4n) is 1.29. The van der Waals surface area contributed by atoms with Gasteiger partial charge in [-0.2, -0.15) is 8.78 Å². The molecule has 0 spiro atoms. The van der Waals surface area contributed by atoms with E-state index in [2.05, 4.69) is 20.5 Å². The molecule has 0 saturated carbocycles. The smallest absolute Gasteiger partial charge is 0.325 e. The Hall–Kier alpha value is -2.04. The zero-order chi connectivity index (χ0) is 13.8. The average molecular weight is 290 g/mol. The minimum absolute atomic E-state index is 0.108. The summed E-state index contributed by atoms with van der Waals surface area (Å²) in [5.41, 5.74) is 0. The van der Waals surface area contributed by atoms with Gasteiger partial charge in [0.05, 0.1) is 5.75 Å². The van der Waals surface area contributed by atoms with Gasteiger partial charge in [0.15, 0.2) is 0 Å². The van der Waals surface area contributed by atoms with E-state index in [1.807, 2.05) is 0 Å². The zero-order valence-corrected chi connectivity index (χ0v) is 10.2. The first-order valence-electron chi connectivity index (χ1n) is 4.98. The van der Waals surface area contributed by atoms with Gasteiger partial charge in [0, 0.05) is 12.4 Å². The van der Waals surface area contributed by atoms with Gasteiger partial charge in [-0.15, -0.1) is 5.10 Å². The van der Waals surface area contributed by atoms with Gasteiger partial charge in [0.2, 0.25) is 5.16 Å². The number of nitrogens with zero attached hydrogens (tertiary/aromatic N) is 6. The first-order chi connectivity index (χ1) is 9.08. The summed E-state index contributed by atoms with van der Waals surface area (Å²) in [5.74, 6) is -0.828. The van der Waals surface area contributed by atoms with E-state index < -0.39 is 19.1 Å². The number of aliphatic carboxylic acids is 1. The van der Waals surface area contributed by atoms with Crippen LogP contribution in [0.2, 0.25) is 0 Å². The molecule has 0 aromatic carbocycles. The van der Waals surface area contributed by atoms with Crippen molar-refractivity contribution < 1.29 is 18.7 Å². The van der Waals surface area contributed by atoms with Crippen molar-refractivity contribution in [2.75, 3.05) is 0 Å². The van der Waals surface area contributed by atoms with Gasteiger partial charge in [-0.1, -0.05) is 11.8 Å². The van der Waals surface area contributed by atoms with Crippen LogP contribution in [0.3, 0.4) is 0 Å². The molecular weight excluding hydrogens is 282 g/mol. The van der Waals surface area contributed by atoms with Crippen LogP contribution in [0.25, 0.3) is 0 Å². The number of carboxylic acids is 1. The Kier molecular flexibility index (Phi) is 4.04. The van der Waals surface area contributed by atoms with Crippen LogP contribution in [0.15, 0.2) is 17.6 Å². The summed E-state index contributed by atoms with van der Waals surface area (Å²) < 4.78 is 26.9. The van der Waals surface area contributed by atoms with Crippen molar-refractivity contribution in [1.29, 1.82) is 0 Å². The average Bonchev–Trinajstić information content (AvgIpc) is 2.94. The zero-order valence-electron chi connectivity index (χ0n) is 9.35. The number of rotatable bonds is 6. The quantitative estimate of drug-likeness (QED) is 0.779. The molecule has 0 saturated heterocycles. The Labute approximate surface area is 109 Å². The minimum atomic E-state index is -2.67. The van der Waals surface area contributed by atoms with Crippen LogP contribution in [-0.2, 0) is 17.1 Å². The lowest BCUT2D eigenvalue weighted by atomic mass is 10.7. The highest BCUT2D eigenvalue weighted by Crippen LogP contribution is 2.21. The van der Waals surface area contributed by atoms with Crippen LogP contribution in [0.4, 0.5) is 8.78 Å². The first kappa shape index (κ1) is 13.4. The summed E-state index contributed by atoms with van der Waals surface area (Å²) in [6.45, 7) is -3.06. The molecule has 2 aromatic heterocycles. The highest BCUT2D eigenvalue weighted by Gasteiger charge is 2.14. The molecule has 102 valence electrons. The molecule has 0 radical (unpaired) electrons. The van der Waals surface area contributed by atoms with Crippen LogP contribution < -0.4 is 0 Å². The molecule has 11 heteroatoms. The number of hydrogen-bond acceptors (Lipinski definition) is 6. The standard InChI is InChI=1S/C8H8F2N6O2S/c9-7(10)15-2-1-11-5(15)4-19-8-12-13-14-16(8)3-6(17)18/h1-2,7H,3-4H2,(H,17,18). The fraction of sp³-hybridized carbons (Fsp3) is 0.375. The lowest BCUT2D eigenvalue weighted by Gasteiger charge is -2.05. The summed E-state index contributed by atoms with van der Waals surface area (Å²) in [6.07, 6.45) is 2.43. The number of imidazole rings is 1. The van der Waals surface area contributed by atoms with Gasteiger partial charge in [-0.3, -0.25) is 9.36 Å². The maximum Gasteiger partial charge on any atom is 0.325 e. The summed E-state index contributed by atoms with van der Waals surface area (Å²) in [7, 11) is 0. The van der Waals surface area contributed by atoms with Gasteiger partial charge in [0.1, 0.15) is 12.4 Å². The largest absolute Gasteiger partial charge is 0.480 e. The van der Waals surface area contributed by atoms with Crippen LogP contribution in [0, 0.1) is 0 Å². The number of thioether (sulfide) groups is 1. The maximum atomic E-state index is 12.6. The predicted molar refractivity (Wildman–Crippen MR) is 58.5 cm³/mol. The van der Waals surface area contributed by atoms with Gasteiger partial charge in [-0.05, 0) is 10.4 Å². The summed E-state index contributed by atoms with van der Waals surface area (Å²) in [6, 6.07) is 0. The molecule has 2 rings (SSSR count). The molecule has 0 aliphatic heterocycles. The third-order valence-corrected chi connectivity index (χ3v) is 3.03. The number of carbonyl (C=O) groups is 1. The second-order valence-electron chi connectivity index (χ2n) is 3.33. The molecule has 2 aromatic rings. The van der Waals surface area contributed by atoms with Gasteiger partial charge >= 0.3 is 12.5 Å². The van der Waals surface area contributed by atoms with E-state index in [-0.39, 0.29) is 16.7 Å². The molecule has 0 aliphatic rings. The van der Waals surface area contributed by atoms with E-state index >= 15 is 0 Å². The minimum Gasteiger partial charge on any atom is -0.480 e. The van der Waals surface area contributed by atoms with Crippen molar-refractivity contribution in [3.8, 4) is 0 Å². The Morgan fingerprint density at radius 2 is 2.32 bits per heavy atom. The van der Waals surface area contributed by atoms with E-state index in [4.69, 9.17) is 5.11 Å². The number of halogens is 2. The normalized spacial score (nSPS) is 11.1. The predicted octanol–water partition coefficient (Wildman–Crippen LogP) is 0.642. The van der Waals surface area contributed by atoms with Crippen LogP contribution in [-0.4, -0.2) is 40.8 Å². The van der Waals surface area contributed by atoms with E-state index in [0.29, 0.717) is 0 Å². The number of aromatic nitrogens is 6. The SMILES string of the molecule is O=C(O)Cn1nnnc1SCc1nccn1C(F)F. The lowest BCUT2D eigenvalue weighted by molar-refractivity contribution is -0.138. The Balaban J connectivity index is 2.04. The number of alkyl halides is 2. The number of hydrogen-bond donors (Lipinski definition) is 1. The molecule has 0 amide bonds. The van der Waals surface area contributed by atoms with Crippen LogP contribution in [0.5, 0.6) is 0 Å². The van der Waals surface area contributed by atoms with Gasteiger partial charge in [-0.25, -0.2) is 9.67 Å². The molecule has 19 heavy (non-hydrogen) atoms. The maximum absolute atomic E-state index is 12.6. The molecule has 0 atom stereocenters. The molecule has 0 unspecified atom stereocenters. The van der Waals surface area contributed by atoms with Crippen molar-refractivity contribution in [3.63, 3.8) is 0 Å². The summed E-state index contributed by atoms with van der Waals surface area (Å²) in [4.78, 5) is 14.3. The Morgan fingerprint density at radius 1 is 1.53 bits per heavy atom. The van der Waals surface area contributed by atoms with Crippen LogP contribution >= 0.6 is 11.8 Å². The highest BCUT2D eigenvalue weighted by molar-refractivity contribution is 7.98. The Morgan fingerprint density at radius 3 is 3.00 bits per heavy atom. The number of carboxylic acid groups (broad SMARTS) is 1. The van der Waals surface area contributed by atoms with Gasteiger partial charge in [0.25, 0.3) is 0 Å². The molecule has 1 N–H and O–H groups in total. The first-order valence-corrected chi connectivity index (χ1v) is 5.97. The number of tetrazole rings is 1. The van der Waals surface area contributed by atoms with Gasteiger partial charge < -0.3 is 5.11 Å². The monoisotopic (exact) mass is 290 g/mol. The molecule has 2 heterocycles. The van der Waals surface area contributed by atoms with E-state index in [1.54, 1.807) is 0 Å². The van der Waals surface area contributed by atoms with Crippen molar-refractivity contribution in [2.45, 2.75) is 24.0 Å². The molecule has 0 bridgehead atoms. The van der Waals surface area contributed by atoms with Crippen molar-refractivity contribution in [3.05, 3.63) is 18.2 Å². The third-order valence-electron chi connectivity index (χ3n) is 2.07. The van der Waals surface area contributed by atoms with E-state index in [0.717, 1.165) is 21.0 Å². The molecule has 0 fully saturated rings. The Bertz CT molecular complexity index is 571. The summed E-state index contributed by atoms with van der Waals surface area (Å²) in [5, 5.41) is 19.3. The topological polar surface area (TPSA) is 98.7 Å². The van der Waals surface area contributed by atoms with Crippen LogP contribution in [0.1, 0.15) is 12.4 Å². The fourth-order valence-corrected chi connectivity index (χ4v) is 2.12. The second kappa shape index (κ2) is 5.73. The lowest BCUT2D eigenvalue weighted by Crippen LogP contribution is -2.11.